The predicted octanol–water partition coefficient (Wildman–Crippen LogP) is 15.2. The number of hydrogen-bond acceptors (Lipinski definition) is 2. The van der Waals surface area contributed by atoms with E-state index in [2.05, 4.69) is 13.8 Å². The first kappa shape index (κ1) is 43.4. The second-order valence-corrected chi connectivity index (χ2v) is 20.4. The Kier molecular flexibility index (Phi) is 29.3. The molecule has 1 fully saturated rings. The van der Waals surface area contributed by atoms with Crippen LogP contribution in [-0.2, 0) is 0 Å². The van der Waals surface area contributed by atoms with Crippen molar-refractivity contribution >= 4 is 7.06 Å². The van der Waals surface area contributed by atoms with Crippen molar-refractivity contribution in [2.24, 2.45) is 0 Å². The standard InChI is InChI=1S/C42H87O2P/c1-3-5-7-9-11-13-15-17-19-21-23-25-27-29-31-36-40-45(43,44,42-38-34-33-35-39-42)41-37-32-30-28-26-24-22-20-18-16-14-12-10-8-6-4-2/h42-44H,3-41H2,1-2H3. The Morgan fingerprint density at radius 2 is 0.556 bits per heavy atom. The third kappa shape index (κ3) is 25.1. The van der Waals surface area contributed by atoms with Gasteiger partial charge in [0.25, 0.3) is 0 Å². The monoisotopic (exact) mass is 655 g/mol. The summed E-state index contributed by atoms with van der Waals surface area (Å²) in [5, 5.41) is 0. The van der Waals surface area contributed by atoms with Crippen LogP contribution in [0.2, 0.25) is 0 Å². The van der Waals surface area contributed by atoms with Crippen LogP contribution in [0.25, 0.3) is 0 Å². The third-order valence-electron chi connectivity index (χ3n) is 11.4. The van der Waals surface area contributed by atoms with Crippen molar-refractivity contribution in [1.29, 1.82) is 0 Å². The first-order chi connectivity index (χ1) is 22.0. The summed E-state index contributed by atoms with van der Waals surface area (Å²) in [6.45, 7) is 4.60. The summed E-state index contributed by atoms with van der Waals surface area (Å²) in [7, 11) is -3.56. The molecule has 0 aromatic rings. The molecule has 272 valence electrons. The molecule has 0 unspecified atom stereocenters. The topological polar surface area (TPSA) is 40.5 Å². The van der Waals surface area contributed by atoms with Gasteiger partial charge in [-0.1, -0.05) is 78.1 Å². The van der Waals surface area contributed by atoms with Crippen LogP contribution in [0.15, 0.2) is 0 Å². The minimum atomic E-state index is -3.56. The van der Waals surface area contributed by atoms with Crippen LogP contribution in [0.4, 0.5) is 0 Å². The zero-order chi connectivity index (χ0) is 32.6. The maximum atomic E-state index is 12.0. The van der Waals surface area contributed by atoms with Gasteiger partial charge in [0.05, 0.1) is 0 Å². The van der Waals surface area contributed by atoms with E-state index in [9.17, 15) is 9.79 Å². The molecule has 3 heteroatoms. The van der Waals surface area contributed by atoms with Gasteiger partial charge in [-0.3, -0.25) is 0 Å². The Morgan fingerprint density at radius 1 is 0.333 bits per heavy atom. The zero-order valence-electron chi connectivity index (χ0n) is 31.5. The fourth-order valence-electron chi connectivity index (χ4n) is 8.16. The Labute approximate surface area is 285 Å². The van der Waals surface area contributed by atoms with Crippen molar-refractivity contribution in [1.82, 2.24) is 0 Å². The fraction of sp³-hybridized carbons (Fsp3) is 1.00. The van der Waals surface area contributed by atoms with Crippen molar-refractivity contribution in [2.75, 3.05) is 12.3 Å². The second-order valence-electron chi connectivity index (χ2n) is 15.8. The summed E-state index contributed by atoms with van der Waals surface area (Å²) in [5.74, 6) is 0. The Balaban J connectivity index is 2.08. The summed E-state index contributed by atoms with van der Waals surface area (Å²) < 4.78 is 0. The molecule has 45 heavy (non-hydrogen) atoms. The molecule has 1 rings (SSSR count). The molecule has 0 aliphatic heterocycles. The van der Waals surface area contributed by atoms with Crippen molar-refractivity contribution in [2.45, 2.75) is 257 Å². The molecular weight excluding hydrogens is 567 g/mol. The molecule has 0 atom stereocenters. The zero-order valence-corrected chi connectivity index (χ0v) is 32.4. The van der Waals surface area contributed by atoms with E-state index in [-0.39, 0.29) is 5.66 Å². The van der Waals surface area contributed by atoms with E-state index in [1.165, 1.54) is 212 Å². The Hall–Kier alpha value is 0.350. The fourth-order valence-corrected chi connectivity index (χ4v) is 12.5. The summed E-state index contributed by atoms with van der Waals surface area (Å²) in [4.78, 5) is 24.0. The summed E-state index contributed by atoms with van der Waals surface area (Å²) in [6, 6.07) is 0. The van der Waals surface area contributed by atoms with Gasteiger partial charge in [0.15, 0.2) is 0 Å². The molecule has 0 spiro atoms. The van der Waals surface area contributed by atoms with Gasteiger partial charge in [0.2, 0.25) is 0 Å². The van der Waals surface area contributed by atoms with E-state index >= 15 is 0 Å². The first-order valence-corrected chi connectivity index (χ1v) is 24.1. The van der Waals surface area contributed by atoms with Gasteiger partial charge in [-0.15, -0.1) is 0 Å². The van der Waals surface area contributed by atoms with Crippen LogP contribution in [0.5, 0.6) is 0 Å². The van der Waals surface area contributed by atoms with Crippen molar-refractivity contribution < 1.29 is 9.79 Å². The van der Waals surface area contributed by atoms with Crippen LogP contribution >= 0.6 is 7.06 Å². The van der Waals surface area contributed by atoms with E-state index in [1.807, 2.05) is 0 Å². The van der Waals surface area contributed by atoms with Gasteiger partial charge in [-0.05, 0) is 0 Å². The van der Waals surface area contributed by atoms with Crippen molar-refractivity contribution in [3.63, 3.8) is 0 Å². The second kappa shape index (κ2) is 30.4. The predicted molar refractivity (Wildman–Crippen MR) is 207 cm³/mol. The van der Waals surface area contributed by atoms with Gasteiger partial charge < -0.3 is 0 Å². The first-order valence-electron chi connectivity index (χ1n) is 21.5. The van der Waals surface area contributed by atoms with E-state index in [4.69, 9.17) is 0 Å². The third-order valence-corrected chi connectivity index (χ3v) is 16.2. The molecule has 1 saturated carbocycles. The van der Waals surface area contributed by atoms with Crippen LogP contribution in [-0.4, -0.2) is 27.8 Å². The quantitative estimate of drug-likeness (QED) is 0.0527. The van der Waals surface area contributed by atoms with Crippen LogP contribution < -0.4 is 0 Å². The van der Waals surface area contributed by atoms with E-state index in [1.54, 1.807) is 0 Å². The molecule has 1 aliphatic rings. The average molecular weight is 655 g/mol. The Morgan fingerprint density at radius 3 is 0.800 bits per heavy atom. The van der Waals surface area contributed by atoms with Gasteiger partial charge in [-0.2, -0.15) is 0 Å². The number of hydrogen-bond donors (Lipinski definition) is 2. The van der Waals surface area contributed by atoms with Crippen molar-refractivity contribution in [3.8, 4) is 0 Å². The van der Waals surface area contributed by atoms with Crippen LogP contribution in [0, 0.1) is 0 Å². The summed E-state index contributed by atoms with van der Waals surface area (Å²) in [5.41, 5.74) is 0.220. The van der Waals surface area contributed by atoms with Crippen molar-refractivity contribution in [3.05, 3.63) is 0 Å². The van der Waals surface area contributed by atoms with Crippen LogP contribution in [0.3, 0.4) is 0 Å². The molecule has 0 radical (unpaired) electrons. The van der Waals surface area contributed by atoms with E-state index in [0.29, 0.717) is 0 Å². The molecule has 0 aromatic carbocycles. The molecule has 0 aromatic heterocycles. The molecule has 2 N–H and O–H groups in total. The minimum absolute atomic E-state index is 0.220. The SMILES string of the molecule is CCCCCCCCCCCCCCCCCCP(O)(O)(CCCCCCCCCCCCCCCCCC)C1CCCCC1. The number of rotatable bonds is 35. The summed E-state index contributed by atoms with van der Waals surface area (Å²) >= 11 is 0. The Bertz CT molecular complexity index is 560. The van der Waals surface area contributed by atoms with E-state index < -0.39 is 7.06 Å². The molecule has 2 nitrogen and oxygen atoms in total. The summed E-state index contributed by atoms with van der Waals surface area (Å²) in [6.07, 6.45) is 51.2. The van der Waals surface area contributed by atoms with Gasteiger partial charge in [0.1, 0.15) is 0 Å². The van der Waals surface area contributed by atoms with Gasteiger partial charge >= 0.3 is 208 Å². The van der Waals surface area contributed by atoms with Gasteiger partial charge in [0, 0.05) is 0 Å². The molecular formula is C42H87O2P. The molecule has 1 aliphatic carbocycles. The molecule has 0 bridgehead atoms. The maximum absolute atomic E-state index is 12.0. The molecule has 0 amide bonds. The average Bonchev–Trinajstić information content (AvgIpc) is 3.05. The molecule has 0 heterocycles. The number of unbranched alkanes of at least 4 members (excludes halogenated alkanes) is 30. The van der Waals surface area contributed by atoms with Gasteiger partial charge in [-0.25, -0.2) is 0 Å². The normalized spacial score (nSPS) is 15.4. The van der Waals surface area contributed by atoms with Crippen LogP contribution in [0.1, 0.15) is 251 Å². The van der Waals surface area contributed by atoms with E-state index in [0.717, 1.165) is 38.0 Å². The molecule has 0 saturated heterocycles.